The second-order valence-corrected chi connectivity index (χ2v) is 7.49. The van der Waals surface area contributed by atoms with Gasteiger partial charge < -0.3 is 10.6 Å². The van der Waals surface area contributed by atoms with E-state index in [1.807, 2.05) is 12.1 Å². The summed E-state index contributed by atoms with van der Waals surface area (Å²) in [6.45, 7) is 6.48. The predicted molar refractivity (Wildman–Crippen MR) is 102 cm³/mol. The molecule has 1 aromatic rings. The summed E-state index contributed by atoms with van der Waals surface area (Å²) in [5.41, 5.74) is 1.24. The van der Waals surface area contributed by atoms with Crippen molar-refractivity contribution in [2.75, 3.05) is 13.1 Å². The molecule has 1 aliphatic heterocycles. The molecule has 2 unspecified atom stereocenters. The van der Waals surface area contributed by atoms with Crippen LogP contribution in [0.4, 0.5) is 0 Å². The van der Waals surface area contributed by atoms with Gasteiger partial charge in [-0.05, 0) is 68.8 Å². The number of carbonyl (C=O) groups is 1. The van der Waals surface area contributed by atoms with Crippen LogP contribution in [0.25, 0.3) is 0 Å². The first-order valence-electron chi connectivity index (χ1n) is 8.29. The van der Waals surface area contributed by atoms with Crippen molar-refractivity contribution < 1.29 is 4.79 Å². The number of amides is 1. The van der Waals surface area contributed by atoms with E-state index < -0.39 is 0 Å². The molecule has 1 amide bonds. The highest BCUT2D eigenvalue weighted by atomic mass is 79.9. The highest BCUT2D eigenvalue weighted by molar-refractivity contribution is 9.10. The summed E-state index contributed by atoms with van der Waals surface area (Å²) in [4.78, 5) is 12.2. The molecule has 1 saturated heterocycles. The minimum Gasteiger partial charge on any atom is -0.353 e. The standard InChI is InChI=1S/C18H27BrN2O.ClH/c1-13(16-6-8-20-9-7-16)10-18(22)21-14(2)11-15-4-3-5-17(19)12-15;/h3-5,12-14,16,20H,6-11H2,1-2H3,(H,21,22);1H. The minimum atomic E-state index is 0. The number of piperidine rings is 1. The summed E-state index contributed by atoms with van der Waals surface area (Å²) < 4.78 is 1.09. The lowest BCUT2D eigenvalue weighted by atomic mass is 9.84. The lowest BCUT2D eigenvalue weighted by molar-refractivity contribution is -0.122. The Bertz CT molecular complexity index is 492. The Labute approximate surface area is 154 Å². The van der Waals surface area contributed by atoms with Crippen molar-refractivity contribution in [3.05, 3.63) is 34.3 Å². The number of nitrogens with one attached hydrogen (secondary N) is 2. The summed E-state index contributed by atoms with van der Waals surface area (Å²) in [6, 6.07) is 8.44. The van der Waals surface area contributed by atoms with Gasteiger partial charge in [-0.25, -0.2) is 0 Å². The Balaban J connectivity index is 0.00000264. The molecule has 1 aliphatic rings. The molecule has 0 aliphatic carbocycles. The van der Waals surface area contributed by atoms with Gasteiger partial charge in [0.25, 0.3) is 0 Å². The Hall–Kier alpha value is -0.580. The number of halogens is 2. The van der Waals surface area contributed by atoms with Crippen molar-refractivity contribution in [3.63, 3.8) is 0 Å². The van der Waals surface area contributed by atoms with E-state index in [1.54, 1.807) is 0 Å². The van der Waals surface area contributed by atoms with Crippen LogP contribution in [0.3, 0.4) is 0 Å². The average Bonchev–Trinajstić information content (AvgIpc) is 2.47. The summed E-state index contributed by atoms with van der Waals surface area (Å²) in [7, 11) is 0. The Morgan fingerprint density at radius 3 is 2.70 bits per heavy atom. The molecule has 0 bridgehead atoms. The van der Waals surface area contributed by atoms with Crippen LogP contribution >= 0.6 is 28.3 Å². The van der Waals surface area contributed by atoms with Gasteiger partial charge in [-0.1, -0.05) is 35.0 Å². The second kappa shape index (κ2) is 10.3. The van der Waals surface area contributed by atoms with Crippen LogP contribution in [0.1, 0.15) is 38.7 Å². The van der Waals surface area contributed by atoms with Crippen molar-refractivity contribution in [2.45, 2.75) is 45.6 Å². The lowest BCUT2D eigenvalue weighted by Gasteiger charge is -2.28. The monoisotopic (exact) mass is 402 g/mol. The quantitative estimate of drug-likeness (QED) is 0.755. The first-order chi connectivity index (χ1) is 10.5. The molecule has 2 rings (SSSR count). The van der Waals surface area contributed by atoms with E-state index in [2.05, 4.69) is 52.5 Å². The molecule has 0 spiro atoms. The molecule has 0 aromatic heterocycles. The number of rotatable bonds is 6. The third kappa shape index (κ3) is 7.23. The van der Waals surface area contributed by atoms with Crippen LogP contribution in [-0.2, 0) is 11.2 Å². The molecule has 130 valence electrons. The molecule has 2 N–H and O–H groups in total. The van der Waals surface area contributed by atoms with Gasteiger partial charge in [0.2, 0.25) is 5.91 Å². The molecule has 3 nitrogen and oxygen atoms in total. The molecule has 23 heavy (non-hydrogen) atoms. The average molecular weight is 404 g/mol. The van der Waals surface area contributed by atoms with Gasteiger partial charge in [0.05, 0.1) is 0 Å². The molecule has 0 saturated carbocycles. The van der Waals surface area contributed by atoms with Gasteiger partial charge in [-0.15, -0.1) is 12.4 Å². The number of hydrogen-bond acceptors (Lipinski definition) is 2. The van der Waals surface area contributed by atoms with E-state index >= 15 is 0 Å². The van der Waals surface area contributed by atoms with Crippen LogP contribution in [0.15, 0.2) is 28.7 Å². The first kappa shape index (κ1) is 20.5. The molecular formula is C18H28BrClN2O. The Kier molecular flexibility index (Phi) is 9.18. The fourth-order valence-corrected chi connectivity index (χ4v) is 3.72. The highest BCUT2D eigenvalue weighted by Gasteiger charge is 2.22. The summed E-state index contributed by atoms with van der Waals surface area (Å²) >= 11 is 3.49. The van der Waals surface area contributed by atoms with Gasteiger partial charge in [0, 0.05) is 16.9 Å². The van der Waals surface area contributed by atoms with E-state index in [1.165, 1.54) is 18.4 Å². The first-order valence-corrected chi connectivity index (χ1v) is 9.08. The predicted octanol–water partition coefficient (Wildman–Crippen LogP) is 3.94. The van der Waals surface area contributed by atoms with Gasteiger partial charge in [-0.3, -0.25) is 4.79 Å². The van der Waals surface area contributed by atoms with E-state index in [-0.39, 0.29) is 24.4 Å². The summed E-state index contributed by atoms with van der Waals surface area (Å²) in [5, 5.41) is 6.53. The van der Waals surface area contributed by atoms with E-state index in [0.717, 1.165) is 24.0 Å². The van der Waals surface area contributed by atoms with E-state index in [9.17, 15) is 4.79 Å². The zero-order valence-corrected chi connectivity index (χ0v) is 16.4. The Morgan fingerprint density at radius 2 is 2.04 bits per heavy atom. The van der Waals surface area contributed by atoms with Crippen LogP contribution in [0, 0.1) is 11.8 Å². The lowest BCUT2D eigenvalue weighted by Crippen LogP contribution is -2.37. The minimum absolute atomic E-state index is 0. The smallest absolute Gasteiger partial charge is 0.220 e. The molecular weight excluding hydrogens is 376 g/mol. The zero-order chi connectivity index (χ0) is 15.9. The van der Waals surface area contributed by atoms with E-state index in [4.69, 9.17) is 0 Å². The van der Waals surface area contributed by atoms with Crippen LogP contribution in [-0.4, -0.2) is 25.0 Å². The van der Waals surface area contributed by atoms with Gasteiger partial charge >= 0.3 is 0 Å². The third-order valence-electron chi connectivity index (χ3n) is 4.53. The van der Waals surface area contributed by atoms with Crippen molar-refractivity contribution in [1.82, 2.24) is 10.6 Å². The molecule has 1 aromatic carbocycles. The van der Waals surface area contributed by atoms with Crippen molar-refractivity contribution in [3.8, 4) is 0 Å². The van der Waals surface area contributed by atoms with Crippen molar-refractivity contribution in [1.29, 1.82) is 0 Å². The molecule has 2 atom stereocenters. The number of benzene rings is 1. The van der Waals surface area contributed by atoms with Gasteiger partial charge in [0.15, 0.2) is 0 Å². The fourth-order valence-electron chi connectivity index (χ4n) is 3.27. The number of carbonyl (C=O) groups excluding carboxylic acids is 1. The highest BCUT2D eigenvalue weighted by Crippen LogP contribution is 2.24. The maximum Gasteiger partial charge on any atom is 0.220 e. The molecule has 0 radical (unpaired) electrons. The van der Waals surface area contributed by atoms with Crippen LogP contribution in [0.5, 0.6) is 0 Å². The topological polar surface area (TPSA) is 41.1 Å². The molecule has 1 fully saturated rings. The summed E-state index contributed by atoms with van der Waals surface area (Å²) in [6.07, 6.45) is 3.91. The largest absolute Gasteiger partial charge is 0.353 e. The molecule has 5 heteroatoms. The van der Waals surface area contributed by atoms with Gasteiger partial charge in [-0.2, -0.15) is 0 Å². The third-order valence-corrected chi connectivity index (χ3v) is 5.03. The maximum absolute atomic E-state index is 12.2. The Morgan fingerprint density at radius 1 is 1.35 bits per heavy atom. The van der Waals surface area contributed by atoms with E-state index in [0.29, 0.717) is 18.3 Å². The SMILES string of the molecule is CC(Cc1cccc(Br)c1)NC(=O)CC(C)C1CCNCC1.Cl. The van der Waals surface area contributed by atoms with Crippen LogP contribution in [0.2, 0.25) is 0 Å². The van der Waals surface area contributed by atoms with Crippen molar-refractivity contribution >= 4 is 34.2 Å². The normalized spacial score (nSPS) is 17.9. The van der Waals surface area contributed by atoms with Crippen LogP contribution < -0.4 is 10.6 Å². The van der Waals surface area contributed by atoms with Gasteiger partial charge in [0.1, 0.15) is 0 Å². The maximum atomic E-state index is 12.2. The van der Waals surface area contributed by atoms with Crippen molar-refractivity contribution in [2.24, 2.45) is 11.8 Å². The number of hydrogen-bond donors (Lipinski definition) is 2. The fraction of sp³-hybridized carbons (Fsp3) is 0.611. The summed E-state index contributed by atoms with van der Waals surface area (Å²) in [5.74, 6) is 1.35. The second-order valence-electron chi connectivity index (χ2n) is 6.57. The molecule has 1 heterocycles. The zero-order valence-electron chi connectivity index (χ0n) is 14.0.